The molecule has 0 radical (unpaired) electrons. The number of carbonyl (C=O) groups excluding carboxylic acids is 1. The largest absolute Gasteiger partial charge is 0.498 e. The number of methoxy groups -OCH3 is 1. The molecule has 1 aliphatic heterocycles. The number of hydrogen-bond acceptors (Lipinski definition) is 4. The fourth-order valence-corrected chi connectivity index (χ4v) is 1.31. The minimum absolute atomic E-state index is 0.0600. The van der Waals surface area contributed by atoms with Gasteiger partial charge >= 0.3 is 0 Å². The van der Waals surface area contributed by atoms with Crippen LogP contribution in [-0.4, -0.2) is 31.4 Å². The summed E-state index contributed by atoms with van der Waals surface area (Å²) in [6, 6.07) is 0. The Morgan fingerprint density at radius 1 is 1.57 bits per heavy atom. The molecule has 1 atom stereocenters. The maximum absolute atomic E-state index is 10.9. The number of allylic oxidation sites excluding steroid dienone is 1. The first-order chi connectivity index (χ1) is 6.44. The van der Waals surface area contributed by atoms with Crippen LogP contribution in [0.15, 0.2) is 11.8 Å². The molecule has 0 aromatic heterocycles. The average Bonchev–Trinajstić information content (AvgIpc) is 2.41. The third kappa shape index (κ3) is 2.82. The van der Waals surface area contributed by atoms with Gasteiger partial charge in [-0.05, 0) is 20.8 Å². The Morgan fingerprint density at radius 2 is 2.21 bits per heavy atom. The van der Waals surface area contributed by atoms with Gasteiger partial charge in [-0.25, -0.2) is 0 Å². The van der Waals surface area contributed by atoms with Crippen LogP contribution < -0.4 is 0 Å². The zero-order valence-corrected chi connectivity index (χ0v) is 8.99. The van der Waals surface area contributed by atoms with Crippen molar-refractivity contribution in [3.63, 3.8) is 0 Å². The van der Waals surface area contributed by atoms with E-state index < -0.39 is 5.79 Å². The maximum Gasteiger partial charge on any atom is 0.164 e. The van der Waals surface area contributed by atoms with Crippen LogP contribution in [0.2, 0.25) is 0 Å². The average molecular weight is 200 g/mol. The fraction of sp³-hybridized carbons (Fsp3) is 0.700. The molecule has 0 unspecified atom stereocenters. The first-order valence-electron chi connectivity index (χ1n) is 4.52. The second-order valence-electron chi connectivity index (χ2n) is 3.68. The molecule has 1 aliphatic rings. The van der Waals surface area contributed by atoms with Crippen molar-refractivity contribution >= 4 is 5.78 Å². The van der Waals surface area contributed by atoms with Gasteiger partial charge in [0.15, 0.2) is 11.6 Å². The lowest BCUT2D eigenvalue weighted by Crippen LogP contribution is -2.23. The van der Waals surface area contributed by atoms with Crippen LogP contribution in [0.5, 0.6) is 0 Å². The van der Waals surface area contributed by atoms with Gasteiger partial charge in [0.2, 0.25) is 0 Å². The highest BCUT2D eigenvalue weighted by Crippen LogP contribution is 2.26. The Morgan fingerprint density at radius 3 is 2.57 bits per heavy atom. The maximum atomic E-state index is 10.9. The SMILES string of the molecule is CO/C(=C\C(C)=O)[C@H]1COC(C)(C)O1. The summed E-state index contributed by atoms with van der Waals surface area (Å²) in [5.74, 6) is -0.141. The van der Waals surface area contributed by atoms with Gasteiger partial charge in [-0.1, -0.05) is 0 Å². The second-order valence-corrected chi connectivity index (χ2v) is 3.68. The summed E-state index contributed by atoms with van der Waals surface area (Å²) in [5.41, 5.74) is 0. The van der Waals surface area contributed by atoms with Crippen LogP contribution in [-0.2, 0) is 19.0 Å². The lowest BCUT2D eigenvalue weighted by atomic mass is 10.2. The van der Waals surface area contributed by atoms with Crippen LogP contribution >= 0.6 is 0 Å². The Hall–Kier alpha value is -0.870. The summed E-state index contributed by atoms with van der Waals surface area (Å²) in [6.07, 6.45) is 1.15. The highest BCUT2D eigenvalue weighted by Gasteiger charge is 2.35. The lowest BCUT2D eigenvalue weighted by molar-refractivity contribution is -0.138. The highest BCUT2D eigenvalue weighted by atomic mass is 16.7. The number of ether oxygens (including phenoxy) is 3. The third-order valence-corrected chi connectivity index (χ3v) is 1.91. The van der Waals surface area contributed by atoms with Gasteiger partial charge in [-0.15, -0.1) is 0 Å². The summed E-state index contributed by atoms with van der Waals surface area (Å²) in [4.78, 5) is 10.9. The number of rotatable bonds is 3. The topological polar surface area (TPSA) is 44.8 Å². The smallest absolute Gasteiger partial charge is 0.164 e. The molecule has 1 heterocycles. The van der Waals surface area contributed by atoms with Crippen LogP contribution in [0.4, 0.5) is 0 Å². The monoisotopic (exact) mass is 200 g/mol. The first kappa shape index (κ1) is 11.2. The van der Waals surface area contributed by atoms with E-state index in [1.165, 1.54) is 20.1 Å². The zero-order valence-electron chi connectivity index (χ0n) is 8.99. The van der Waals surface area contributed by atoms with Crippen molar-refractivity contribution in [2.45, 2.75) is 32.7 Å². The van der Waals surface area contributed by atoms with E-state index in [-0.39, 0.29) is 11.9 Å². The van der Waals surface area contributed by atoms with Gasteiger partial charge in [0, 0.05) is 6.08 Å². The van der Waals surface area contributed by atoms with Gasteiger partial charge in [-0.2, -0.15) is 0 Å². The Labute approximate surface area is 83.8 Å². The molecular weight excluding hydrogens is 184 g/mol. The number of ketones is 1. The summed E-state index contributed by atoms with van der Waals surface area (Å²) in [5, 5.41) is 0. The number of hydrogen-bond donors (Lipinski definition) is 0. The van der Waals surface area contributed by atoms with Gasteiger partial charge in [-0.3, -0.25) is 4.79 Å². The zero-order chi connectivity index (χ0) is 10.8. The molecule has 1 fully saturated rings. The van der Waals surface area contributed by atoms with Gasteiger partial charge in [0.1, 0.15) is 11.9 Å². The molecule has 0 aromatic rings. The lowest BCUT2D eigenvalue weighted by Gasteiger charge is -2.17. The van der Waals surface area contributed by atoms with Crippen molar-refractivity contribution in [3.8, 4) is 0 Å². The van der Waals surface area contributed by atoms with E-state index in [2.05, 4.69) is 0 Å². The minimum atomic E-state index is -0.598. The van der Waals surface area contributed by atoms with Gasteiger partial charge < -0.3 is 14.2 Å². The molecule has 0 N–H and O–H groups in total. The molecule has 80 valence electrons. The van der Waals surface area contributed by atoms with Crippen LogP contribution in [0.3, 0.4) is 0 Å². The molecule has 0 bridgehead atoms. The van der Waals surface area contributed by atoms with Crippen molar-refractivity contribution in [1.82, 2.24) is 0 Å². The standard InChI is InChI=1S/C10H16O4/c1-7(11)5-8(12-4)9-6-13-10(2,3)14-9/h5,9H,6H2,1-4H3/b8-5-/t9-/m1/s1. The summed E-state index contributed by atoms with van der Waals surface area (Å²) in [6.45, 7) is 5.54. The number of carbonyl (C=O) groups is 1. The van der Waals surface area contributed by atoms with Gasteiger partial charge in [0.05, 0.1) is 13.7 Å². The predicted octanol–water partition coefficient (Wildman–Crippen LogP) is 1.26. The molecule has 1 saturated heterocycles. The summed E-state index contributed by atoms with van der Waals surface area (Å²) in [7, 11) is 1.52. The molecule has 4 heteroatoms. The minimum Gasteiger partial charge on any atom is -0.498 e. The van der Waals surface area contributed by atoms with Crippen LogP contribution in [0, 0.1) is 0 Å². The molecule has 0 saturated carbocycles. The van der Waals surface area contributed by atoms with Crippen molar-refractivity contribution in [1.29, 1.82) is 0 Å². The molecule has 1 rings (SSSR count). The Balaban J connectivity index is 2.69. The second kappa shape index (κ2) is 4.11. The quantitative estimate of drug-likeness (QED) is 0.508. The van der Waals surface area contributed by atoms with E-state index in [4.69, 9.17) is 14.2 Å². The van der Waals surface area contributed by atoms with Gasteiger partial charge in [0.25, 0.3) is 0 Å². The molecule has 0 aromatic carbocycles. The molecule has 14 heavy (non-hydrogen) atoms. The molecule has 4 nitrogen and oxygen atoms in total. The molecule has 0 amide bonds. The Bertz CT molecular complexity index is 255. The predicted molar refractivity (Wildman–Crippen MR) is 50.7 cm³/mol. The van der Waals surface area contributed by atoms with Crippen molar-refractivity contribution in [2.75, 3.05) is 13.7 Å². The van der Waals surface area contributed by atoms with Crippen LogP contribution in [0.25, 0.3) is 0 Å². The van der Waals surface area contributed by atoms with E-state index in [9.17, 15) is 4.79 Å². The van der Waals surface area contributed by atoms with Crippen molar-refractivity contribution in [2.24, 2.45) is 0 Å². The fourth-order valence-electron chi connectivity index (χ4n) is 1.31. The van der Waals surface area contributed by atoms with E-state index in [0.717, 1.165) is 0 Å². The molecular formula is C10H16O4. The Kier molecular flexibility index (Phi) is 3.29. The van der Waals surface area contributed by atoms with Crippen molar-refractivity contribution < 1.29 is 19.0 Å². The molecule has 0 spiro atoms. The van der Waals surface area contributed by atoms with E-state index in [1.807, 2.05) is 13.8 Å². The third-order valence-electron chi connectivity index (χ3n) is 1.91. The normalized spacial score (nSPS) is 26.3. The first-order valence-corrected chi connectivity index (χ1v) is 4.52. The van der Waals surface area contributed by atoms with E-state index in [0.29, 0.717) is 12.4 Å². The van der Waals surface area contributed by atoms with E-state index >= 15 is 0 Å². The van der Waals surface area contributed by atoms with Crippen molar-refractivity contribution in [3.05, 3.63) is 11.8 Å². The highest BCUT2D eigenvalue weighted by molar-refractivity contribution is 5.87. The van der Waals surface area contributed by atoms with E-state index in [1.54, 1.807) is 0 Å². The summed E-state index contributed by atoms with van der Waals surface area (Å²) < 4.78 is 16.0. The summed E-state index contributed by atoms with van der Waals surface area (Å²) >= 11 is 0. The molecule has 0 aliphatic carbocycles. The van der Waals surface area contributed by atoms with Crippen LogP contribution in [0.1, 0.15) is 20.8 Å².